The van der Waals surface area contributed by atoms with Gasteiger partial charge in [0.15, 0.2) is 0 Å². The van der Waals surface area contributed by atoms with Crippen LogP contribution >= 0.6 is 0 Å². The van der Waals surface area contributed by atoms with Crippen molar-refractivity contribution in [2.24, 2.45) is 0 Å². The molecule has 0 aromatic heterocycles. The fourth-order valence-electron chi connectivity index (χ4n) is 0. The monoisotopic (exact) mass is 85.1 g/mol. The van der Waals surface area contributed by atoms with Crippen LogP contribution in [0.4, 0.5) is 0 Å². The van der Waals surface area contributed by atoms with Gasteiger partial charge in [0.2, 0.25) is 0 Å². The van der Waals surface area contributed by atoms with Gasteiger partial charge >= 0.3 is 29.6 Å². The smallest absolute Gasteiger partial charge is 0.693 e. The van der Waals surface area contributed by atoms with E-state index in [4.69, 9.17) is 5.11 Å². The van der Waals surface area contributed by atoms with Crippen molar-refractivity contribution in [3.63, 3.8) is 0 Å². The molecular formula is C2H8NNaO. The van der Waals surface area contributed by atoms with Crippen molar-refractivity contribution in [3.05, 3.63) is 6.15 Å². The molecule has 0 bridgehead atoms. The van der Waals surface area contributed by atoms with Gasteiger partial charge in [0, 0.05) is 6.61 Å². The van der Waals surface area contributed by atoms with Gasteiger partial charge in [-0.15, -0.1) is 0 Å². The molecule has 0 aromatic rings. The van der Waals surface area contributed by atoms with Crippen molar-refractivity contribution in [1.29, 1.82) is 0 Å². The molecule has 0 radical (unpaired) electrons. The molecule has 0 aliphatic rings. The molecule has 0 saturated carbocycles. The first-order chi connectivity index (χ1) is 1.41. The molecule has 0 saturated heterocycles. The van der Waals surface area contributed by atoms with Gasteiger partial charge in [-0.1, -0.05) is 0 Å². The number of hydrogen-bond acceptors (Lipinski definition) is 1. The van der Waals surface area contributed by atoms with Gasteiger partial charge in [0.05, 0.1) is 0 Å². The molecule has 0 unspecified atom stereocenters. The summed E-state index contributed by atoms with van der Waals surface area (Å²) in [6.07, 6.45) is 0. The molecule has 0 aliphatic heterocycles. The Morgan fingerprint density at radius 3 is 1.60 bits per heavy atom. The van der Waals surface area contributed by atoms with Gasteiger partial charge in [-0.25, -0.2) is 0 Å². The standard InChI is InChI=1S/C2H6O.H2N.Na/c1-2-3;;/h3H,2H2,1H3;1H2;/q;-1;+1. The fourth-order valence-corrected chi connectivity index (χ4v) is 0. The second kappa shape index (κ2) is 20.5. The average molecular weight is 85.1 g/mol. The molecule has 0 amide bonds. The van der Waals surface area contributed by atoms with Crippen LogP contribution in [0.2, 0.25) is 0 Å². The van der Waals surface area contributed by atoms with Crippen LogP contribution in [0.1, 0.15) is 6.92 Å². The Bertz CT molecular complexity index is 9.61. The summed E-state index contributed by atoms with van der Waals surface area (Å²) in [7, 11) is 0. The maximum absolute atomic E-state index is 7.57. The van der Waals surface area contributed by atoms with E-state index >= 15 is 0 Å². The molecular weight excluding hydrogens is 77.0 g/mol. The van der Waals surface area contributed by atoms with E-state index in [-0.39, 0.29) is 42.3 Å². The normalized spacial score (nSPS) is 3.60. The predicted octanol–water partition coefficient (Wildman–Crippen LogP) is -2.28. The topological polar surface area (TPSA) is 53.7 Å². The number of rotatable bonds is 0. The summed E-state index contributed by atoms with van der Waals surface area (Å²) in [5, 5.41) is 7.57. The Morgan fingerprint density at radius 2 is 1.60 bits per heavy atom. The number of aliphatic hydroxyl groups excluding tert-OH is 1. The van der Waals surface area contributed by atoms with Crippen LogP contribution in [0.25, 0.3) is 6.15 Å². The Kier molecular flexibility index (Phi) is 68.9. The Morgan fingerprint density at radius 1 is 1.60 bits per heavy atom. The van der Waals surface area contributed by atoms with Crippen molar-refractivity contribution in [1.82, 2.24) is 0 Å². The summed E-state index contributed by atoms with van der Waals surface area (Å²) < 4.78 is 0. The minimum absolute atomic E-state index is 0. The number of hydrogen-bond donors (Lipinski definition) is 1. The number of nitrogens with two attached hydrogens (primary N) is 1. The first-order valence-corrected chi connectivity index (χ1v) is 1.02. The zero-order valence-corrected chi connectivity index (χ0v) is 5.73. The second-order valence-corrected chi connectivity index (χ2v) is 0.316. The van der Waals surface area contributed by atoms with E-state index in [1.54, 1.807) is 6.92 Å². The zero-order chi connectivity index (χ0) is 2.71. The van der Waals surface area contributed by atoms with Crippen LogP contribution in [-0.2, 0) is 0 Å². The van der Waals surface area contributed by atoms with Crippen LogP contribution in [-0.4, -0.2) is 11.7 Å². The van der Waals surface area contributed by atoms with E-state index in [2.05, 4.69) is 0 Å². The Balaban J connectivity index is -0.0000000200. The molecule has 0 atom stereocenters. The van der Waals surface area contributed by atoms with Crippen molar-refractivity contribution in [3.8, 4) is 0 Å². The predicted molar refractivity (Wildman–Crippen MR) is 18.0 cm³/mol. The largest absolute Gasteiger partial charge is 1.00 e. The van der Waals surface area contributed by atoms with E-state index < -0.39 is 0 Å². The molecule has 3 heteroatoms. The van der Waals surface area contributed by atoms with E-state index in [0.717, 1.165) is 0 Å². The van der Waals surface area contributed by atoms with Crippen LogP contribution < -0.4 is 29.6 Å². The summed E-state index contributed by atoms with van der Waals surface area (Å²) in [4.78, 5) is 0. The molecule has 0 aromatic carbocycles. The van der Waals surface area contributed by atoms with Crippen LogP contribution in [0.15, 0.2) is 0 Å². The van der Waals surface area contributed by atoms with E-state index in [1.165, 1.54) is 0 Å². The van der Waals surface area contributed by atoms with Gasteiger partial charge in [0.25, 0.3) is 0 Å². The fraction of sp³-hybridized carbons (Fsp3) is 1.00. The molecule has 0 fully saturated rings. The summed E-state index contributed by atoms with van der Waals surface area (Å²) in [6, 6.07) is 0. The van der Waals surface area contributed by atoms with Crippen molar-refractivity contribution in [2.75, 3.05) is 6.61 Å². The minimum atomic E-state index is 0. The SMILES string of the molecule is CCO.[NH2-].[Na+]. The minimum Gasteiger partial charge on any atom is -0.693 e. The molecule has 3 N–H and O–H groups in total. The Hall–Kier alpha value is 0.920. The second-order valence-electron chi connectivity index (χ2n) is 0.316. The van der Waals surface area contributed by atoms with Crippen LogP contribution in [0.5, 0.6) is 0 Å². The van der Waals surface area contributed by atoms with Crippen LogP contribution in [0.3, 0.4) is 0 Å². The summed E-state index contributed by atoms with van der Waals surface area (Å²) >= 11 is 0. The average Bonchev–Trinajstić information content (AvgIpc) is 0.918. The Labute approximate surface area is 54.4 Å². The van der Waals surface area contributed by atoms with Crippen molar-refractivity contribution < 1.29 is 34.7 Å². The molecule has 2 nitrogen and oxygen atoms in total. The first-order valence-electron chi connectivity index (χ1n) is 1.02. The van der Waals surface area contributed by atoms with Gasteiger partial charge < -0.3 is 11.3 Å². The van der Waals surface area contributed by atoms with Crippen molar-refractivity contribution >= 4 is 0 Å². The molecule has 28 valence electrons. The summed E-state index contributed by atoms with van der Waals surface area (Å²) in [5.41, 5.74) is 0. The summed E-state index contributed by atoms with van der Waals surface area (Å²) in [6.45, 7) is 1.93. The number of aliphatic hydroxyl groups is 1. The first kappa shape index (κ1) is 16.8. The third-order valence-corrected chi connectivity index (χ3v) is 0. The third kappa shape index (κ3) is 49.6. The molecule has 0 heterocycles. The van der Waals surface area contributed by atoms with E-state index in [1.807, 2.05) is 0 Å². The summed E-state index contributed by atoms with van der Waals surface area (Å²) in [5.74, 6) is 0. The van der Waals surface area contributed by atoms with E-state index in [9.17, 15) is 0 Å². The third-order valence-electron chi connectivity index (χ3n) is 0. The maximum Gasteiger partial charge on any atom is 1.00 e. The molecule has 0 aliphatic carbocycles. The van der Waals surface area contributed by atoms with Gasteiger partial charge in [-0.2, -0.15) is 0 Å². The van der Waals surface area contributed by atoms with E-state index in [0.29, 0.717) is 0 Å². The van der Waals surface area contributed by atoms with Gasteiger partial charge in [-0.3, -0.25) is 0 Å². The molecule has 0 rings (SSSR count). The molecule has 5 heavy (non-hydrogen) atoms. The maximum atomic E-state index is 7.57. The van der Waals surface area contributed by atoms with Crippen molar-refractivity contribution in [2.45, 2.75) is 6.92 Å². The van der Waals surface area contributed by atoms with Gasteiger partial charge in [-0.05, 0) is 6.92 Å². The zero-order valence-electron chi connectivity index (χ0n) is 3.73. The van der Waals surface area contributed by atoms with Gasteiger partial charge in [0.1, 0.15) is 0 Å². The quantitative estimate of drug-likeness (QED) is 0.331. The van der Waals surface area contributed by atoms with Crippen LogP contribution in [0, 0.1) is 0 Å². The molecule has 0 spiro atoms.